The Balaban J connectivity index is 2.13. The number of benzene rings is 1. The van der Waals surface area contributed by atoms with Gasteiger partial charge in [-0.15, -0.1) is 0 Å². The minimum Gasteiger partial charge on any atom is -0.392 e. The molecule has 1 amide bonds. The first-order valence-electron chi connectivity index (χ1n) is 7.78. The number of aliphatic hydroxyl groups is 1. The molecular weight excluding hydrogens is 328 g/mol. The van der Waals surface area contributed by atoms with Gasteiger partial charge >= 0.3 is 0 Å². The Bertz CT molecular complexity index is 771. The van der Waals surface area contributed by atoms with E-state index < -0.39 is 6.10 Å². The predicted molar refractivity (Wildman–Crippen MR) is 95.3 cm³/mol. The third kappa shape index (κ3) is 4.94. The van der Waals surface area contributed by atoms with E-state index >= 15 is 0 Å². The Kier molecular flexibility index (Phi) is 6.17. The highest BCUT2D eigenvalue weighted by molar-refractivity contribution is 6.31. The highest BCUT2D eigenvalue weighted by Crippen LogP contribution is 2.16. The van der Waals surface area contributed by atoms with Crippen LogP contribution in [0.2, 0.25) is 5.02 Å². The molecule has 0 aliphatic heterocycles. The largest absolute Gasteiger partial charge is 0.392 e. The number of carbonyl (C=O) groups is 1. The summed E-state index contributed by atoms with van der Waals surface area (Å²) in [7, 11) is 0. The summed E-state index contributed by atoms with van der Waals surface area (Å²) in [4.78, 5) is 24.0. The van der Waals surface area contributed by atoms with Crippen LogP contribution in [-0.4, -0.2) is 21.7 Å². The lowest BCUT2D eigenvalue weighted by atomic mass is 10.0. The van der Waals surface area contributed by atoms with Gasteiger partial charge in [-0.05, 0) is 23.6 Å². The molecule has 2 rings (SSSR count). The summed E-state index contributed by atoms with van der Waals surface area (Å²) >= 11 is 6.12. The zero-order chi connectivity index (χ0) is 17.7. The maximum Gasteiger partial charge on any atom is 0.250 e. The van der Waals surface area contributed by atoms with Crippen LogP contribution in [0.1, 0.15) is 25.8 Å². The number of anilines is 1. The monoisotopic (exact) mass is 348 g/mol. The third-order valence-corrected chi connectivity index (χ3v) is 4.10. The Hall–Kier alpha value is -2.11. The molecule has 0 spiro atoms. The van der Waals surface area contributed by atoms with E-state index in [1.807, 2.05) is 32.0 Å². The smallest absolute Gasteiger partial charge is 0.250 e. The van der Waals surface area contributed by atoms with Crippen molar-refractivity contribution in [2.45, 2.75) is 32.9 Å². The van der Waals surface area contributed by atoms with E-state index in [1.54, 1.807) is 18.3 Å². The van der Waals surface area contributed by atoms with E-state index in [0.717, 1.165) is 5.56 Å². The molecule has 1 aromatic heterocycles. The summed E-state index contributed by atoms with van der Waals surface area (Å²) in [5.74, 6) is -0.288. The lowest BCUT2D eigenvalue weighted by Gasteiger charge is -2.14. The Labute approximate surface area is 145 Å². The molecule has 6 heteroatoms. The van der Waals surface area contributed by atoms with Crippen molar-refractivity contribution in [3.05, 3.63) is 63.5 Å². The quantitative estimate of drug-likeness (QED) is 0.843. The molecule has 1 heterocycles. The second-order valence-electron chi connectivity index (χ2n) is 6.04. The first-order valence-corrected chi connectivity index (χ1v) is 8.16. The van der Waals surface area contributed by atoms with Crippen molar-refractivity contribution in [2.24, 2.45) is 5.92 Å². The van der Waals surface area contributed by atoms with Gasteiger partial charge in [0.15, 0.2) is 0 Å². The first-order chi connectivity index (χ1) is 11.4. The average molecular weight is 349 g/mol. The molecule has 128 valence electrons. The number of aliphatic hydroxyl groups excluding tert-OH is 1. The van der Waals surface area contributed by atoms with Gasteiger partial charge in [-0.25, -0.2) is 0 Å². The Morgan fingerprint density at radius 1 is 1.25 bits per heavy atom. The number of hydrogen-bond acceptors (Lipinski definition) is 3. The van der Waals surface area contributed by atoms with Crippen molar-refractivity contribution in [3.8, 4) is 0 Å². The van der Waals surface area contributed by atoms with Gasteiger partial charge in [0, 0.05) is 17.3 Å². The van der Waals surface area contributed by atoms with Crippen LogP contribution in [-0.2, 0) is 11.3 Å². The Morgan fingerprint density at radius 2 is 1.96 bits per heavy atom. The molecule has 0 bridgehead atoms. The summed E-state index contributed by atoms with van der Waals surface area (Å²) in [6.45, 7) is 4.01. The van der Waals surface area contributed by atoms with Crippen LogP contribution in [0.15, 0.2) is 47.4 Å². The number of halogens is 1. The van der Waals surface area contributed by atoms with Gasteiger partial charge in [0.25, 0.3) is 5.56 Å². The molecule has 0 fully saturated rings. The van der Waals surface area contributed by atoms with Gasteiger partial charge in [-0.2, -0.15) is 0 Å². The number of amides is 1. The van der Waals surface area contributed by atoms with E-state index in [0.29, 0.717) is 17.3 Å². The van der Waals surface area contributed by atoms with Gasteiger partial charge in [-0.3, -0.25) is 9.59 Å². The molecule has 1 unspecified atom stereocenters. The third-order valence-electron chi connectivity index (χ3n) is 3.73. The summed E-state index contributed by atoms with van der Waals surface area (Å²) in [6, 6.07) is 10.2. The van der Waals surface area contributed by atoms with Crippen molar-refractivity contribution < 1.29 is 9.90 Å². The highest BCUT2D eigenvalue weighted by atomic mass is 35.5. The molecule has 1 atom stereocenters. The minimum atomic E-state index is -0.695. The molecule has 5 nitrogen and oxygen atoms in total. The van der Waals surface area contributed by atoms with E-state index in [9.17, 15) is 14.7 Å². The number of carbonyl (C=O) groups excluding carboxylic acids is 1. The van der Waals surface area contributed by atoms with Crippen LogP contribution in [0.3, 0.4) is 0 Å². The van der Waals surface area contributed by atoms with Crippen LogP contribution < -0.4 is 10.9 Å². The summed E-state index contributed by atoms with van der Waals surface area (Å²) in [5, 5.41) is 13.1. The summed E-state index contributed by atoms with van der Waals surface area (Å²) in [5.41, 5.74) is 1.14. The van der Waals surface area contributed by atoms with Crippen molar-refractivity contribution in [3.63, 3.8) is 0 Å². The second kappa shape index (κ2) is 8.13. The molecule has 1 aromatic carbocycles. The van der Waals surface area contributed by atoms with Gasteiger partial charge in [0.2, 0.25) is 5.91 Å². The minimum absolute atomic E-state index is 0.00456. The average Bonchev–Trinajstić information content (AvgIpc) is 2.52. The summed E-state index contributed by atoms with van der Waals surface area (Å²) < 4.78 is 1.48. The van der Waals surface area contributed by atoms with Crippen LogP contribution in [0, 0.1) is 5.92 Å². The number of rotatable bonds is 6. The topological polar surface area (TPSA) is 71.3 Å². The molecule has 2 N–H and O–H groups in total. The van der Waals surface area contributed by atoms with E-state index in [-0.39, 0.29) is 23.8 Å². The van der Waals surface area contributed by atoms with Crippen LogP contribution in [0.4, 0.5) is 5.69 Å². The molecule has 24 heavy (non-hydrogen) atoms. The van der Waals surface area contributed by atoms with Gasteiger partial charge in [0.1, 0.15) is 0 Å². The van der Waals surface area contributed by atoms with Crippen molar-refractivity contribution in [2.75, 3.05) is 5.32 Å². The molecular formula is C18H21ClN2O3. The molecule has 0 aliphatic carbocycles. The van der Waals surface area contributed by atoms with Crippen LogP contribution in [0.5, 0.6) is 0 Å². The maximum atomic E-state index is 12.0. The zero-order valence-corrected chi connectivity index (χ0v) is 14.5. The van der Waals surface area contributed by atoms with Gasteiger partial charge < -0.3 is 15.0 Å². The van der Waals surface area contributed by atoms with Crippen LogP contribution in [0.25, 0.3) is 0 Å². The van der Waals surface area contributed by atoms with Gasteiger partial charge in [0.05, 0.1) is 24.8 Å². The zero-order valence-electron chi connectivity index (χ0n) is 13.7. The lowest BCUT2D eigenvalue weighted by molar-refractivity contribution is -0.118. The Morgan fingerprint density at radius 3 is 2.62 bits per heavy atom. The number of aromatic nitrogens is 1. The molecule has 0 saturated heterocycles. The first kappa shape index (κ1) is 18.2. The number of nitrogens with one attached hydrogen (secondary N) is 1. The SMILES string of the molecule is CC(C)C(O)CC(=O)Nc1ccc(=O)n(Cc2ccccc2Cl)c1. The molecule has 0 radical (unpaired) electrons. The number of hydrogen-bond donors (Lipinski definition) is 2. The lowest BCUT2D eigenvalue weighted by Crippen LogP contribution is -2.25. The number of pyridine rings is 1. The fraction of sp³-hybridized carbons (Fsp3) is 0.333. The second-order valence-corrected chi connectivity index (χ2v) is 6.45. The van der Waals surface area contributed by atoms with Crippen LogP contribution >= 0.6 is 11.6 Å². The maximum absolute atomic E-state index is 12.0. The van der Waals surface area contributed by atoms with Crippen molar-refractivity contribution >= 4 is 23.2 Å². The van der Waals surface area contributed by atoms with Crippen molar-refractivity contribution in [1.29, 1.82) is 0 Å². The fourth-order valence-electron chi connectivity index (χ4n) is 2.18. The van der Waals surface area contributed by atoms with Crippen molar-refractivity contribution in [1.82, 2.24) is 4.57 Å². The van der Waals surface area contributed by atoms with Gasteiger partial charge in [-0.1, -0.05) is 43.6 Å². The van der Waals surface area contributed by atoms with E-state index in [1.165, 1.54) is 10.6 Å². The normalized spacial score (nSPS) is 12.2. The molecule has 0 saturated carbocycles. The standard InChI is InChI=1S/C18H21ClN2O3/c1-12(2)16(22)9-17(23)20-14-7-8-18(24)21(11-14)10-13-5-3-4-6-15(13)19/h3-8,11-12,16,22H,9-10H2,1-2H3,(H,20,23). The predicted octanol–water partition coefficient (Wildman–Crippen LogP) is 2.90. The fourth-order valence-corrected chi connectivity index (χ4v) is 2.37. The molecule has 0 aliphatic rings. The summed E-state index contributed by atoms with van der Waals surface area (Å²) in [6.07, 6.45) is 0.895. The highest BCUT2D eigenvalue weighted by Gasteiger charge is 2.14. The van der Waals surface area contributed by atoms with E-state index in [2.05, 4.69) is 5.32 Å². The molecule has 2 aromatic rings. The number of nitrogens with zero attached hydrogens (tertiary/aromatic N) is 1. The van der Waals surface area contributed by atoms with E-state index in [4.69, 9.17) is 11.6 Å².